The van der Waals surface area contributed by atoms with Gasteiger partial charge in [-0.15, -0.1) is 0 Å². The second-order valence-corrected chi connectivity index (χ2v) is 3.06. The van der Waals surface area contributed by atoms with E-state index < -0.39 is 0 Å². The summed E-state index contributed by atoms with van der Waals surface area (Å²) in [5.41, 5.74) is 2.06. The third-order valence-electron chi connectivity index (χ3n) is 1.82. The van der Waals surface area contributed by atoms with Gasteiger partial charge in [0.2, 0.25) is 0 Å². The SMILES string of the molecule is C=C1NC(=O)c2ccc(Cl)cc21. The fourth-order valence-electron chi connectivity index (χ4n) is 1.24. The van der Waals surface area contributed by atoms with E-state index in [1.54, 1.807) is 18.2 Å². The quantitative estimate of drug-likeness (QED) is 0.649. The van der Waals surface area contributed by atoms with E-state index in [1.165, 1.54) is 0 Å². The van der Waals surface area contributed by atoms with Crippen LogP contribution in [0.2, 0.25) is 5.02 Å². The van der Waals surface area contributed by atoms with Crippen LogP contribution in [0.1, 0.15) is 15.9 Å². The summed E-state index contributed by atoms with van der Waals surface area (Å²) in [6, 6.07) is 5.13. The average Bonchev–Trinajstić information content (AvgIpc) is 2.28. The van der Waals surface area contributed by atoms with Crippen molar-refractivity contribution in [2.75, 3.05) is 0 Å². The van der Waals surface area contributed by atoms with E-state index in [-0.39, 0.29) is 5.91 Å². The Kier molecular flexibility index (Phi) is 1.45. The number of benzene rings is 1. The van der Waals surface area contributed by atoms with Gasteiger partial charge < -0.3 is 5.32 Å². The van der Waals surface area contributed by atoms with Crippen molar-refractivity contribution in [1.82, 2.24) is 5.32 Å². The van der Waals surface area contributed by atoms with Gasteiger partial charge in [0.25, 0.3) is 5.91 Å². The molecule has 0 saturated carbocycles. The molecular weight excluding hydrogens is 174 g/mol. The van der Waals surface area contributed by atoms with E-state index >= 15 is 0 Å². The number of halogens is 1. The molecule has 1 aromatic carbocycles. The predicted molar refractivity (Wildman–Crippen MR) is 48.0 cm³/mol. The Hall–Kier alpha value is -1.28. The molecule has 0 aromatic heterocycles. The Labute approximate surface area is 74.8 Å². The number of carbonyl (C=O) groups excluding carboxylic acids is 1. The predicted octanol–water partition coefficient (Wildman–Crippen LogP) is 2.05. The number of rotatable bonds is 0. The molecule has 0 aliphatic carbocycles. The first-order valence-corrected chi connectivity index (χ1v) is 3.86. The molecule has 0 bridgehead atoms. The third-order valence-corrected chi connectivity index (χ3v) is 2.05. The summed E-state index contributed by atoms with van der Waals surface area (Å²) in [7, 11) is 0. The fourth-order valence-corrected chi connectivity index (χ4v) is 1.41. The lowest BCUT2D eigenvalue weighted by molar-refractivity contribution is 0.0981. The van der Waals surface area contributed by atoms with E-state index in [9.17, 15) is 4.79 Å². The molecule has 0 spiro atoms. The minimum absolute atomic E-state index is 0.105. The number of nitrogens with one attached hydrogen (secondary N) is 1. The van der Waals surface area contributed by atoms with E-state index in [1.807, 2.05) is 0 Å². The minimum Gasteiger partial charge on any atom is -0.322 e. The second-order valence-electron chi connectivity index (χ2n) is 2.62. The highest BCUT2D eigenvalue weighted by Crippen LogP contribution is 2.25. The molecule has 3 heteroatoms. The van der Waals surface area contributed by atoms with Crippen molar-refractivity contribution in [1.29, 1.82) is 0 Å². The maximum absolute atomic E-state index is 11.2. The van der Waals surface area contributed by atoms with Crippen molar-refractivity contribution in [3.05, 3.63) is 40.9 Å². The van der Waals surface area contributed by atoms with Crippen LogP contribution < -0.4 is 5.32 Å². The maximum Gasteiger partial charge on any atom is 0.256 e. The van der Waals surface area contributed by atoms with E-state index in [0.717, 1.165) is 5.56 Å². The molecule has 60 valence electrons. The highest BCUT2D eigenvalue weighted by atomic mass is 35.5. The highest BCUT2D eigenvalue weighted by molar-refractivity contribution is 6.31. The lowest BCUT2D eigenvalue weighted by Gasteiger charge is -1.95. The number of hydrogen-bond donors (Lipinski definition) is 1. The van der Waals surface area contributed by atoms with Gasteiger partial charge in [-0.1, -0.05) is 18.2 Å². The van der Waals surface area contributed by atoms with Gasteiger partial charge in [-0.25, -0.2) is 0 Å². The topological polar surface area (TPSA) is 29.1 Å². The van der Waals surface area contributed by atoms with Crippen LogP contribution in [0.4, 0.5) is 0 Å². The molecule has 0 unspecified atom stereocenters. The Balaban J connectivity index is 2.68. The van der Waals surface area contributed by atoms with Crippen LogP contribution in [-0.4, -0.2) is 5.91 Å². The van der Waals surface area contributed by atoms with Gasteiger partial charge in [-0.2, -0.15) is 0 Å². The van der Waals surface area contributed by atoms with Crippen LogP contribution in [0, 0.1) is 0 Å². The number of amides is 1. The van der Waals surface area contributed by atoms with Crippen LogP contribution in [0.5, 0.6) is 0 Å². The van der Waals surface area contributed by atoms with E-state index in [4.69, 9.17) is 11.6 Å². The smallest absolute Gasteiger partial charge is 0.256 e. The van der Waals surface area contributed by atoms with Crippen LogP contribution in [0.3, 0.4) is 0 Å². The van der Waals surface area contributed by atoms with Crippen molar-refractivity contribution in [3.63, 3.8) is 0 Å². The van der Waals surface area contributed by atoms with Crippen molar-refractivity contribution >= 4 is 23.2 Å². The zero-order valence-corrected chi connectivity index (χ0v) is 6.98. The molecule has 2 nitrogen and oxygen atoms in total. The van der Waals surface area contributed by atoms with Gasteiger partial charge in [0, 0.05) is 21.8 Å². The maximum atomic E-state index is 11.2. The van der Waals surface area contributed by atoms with Gasteiger partial charge in [0.05, 0.1) is 0 Å². The van der Waals surface area contributed by atoms with Crippen molar-refractivity contribution in [2.24, 2.45) is 0 Å². The summed E-state index contributed by atoms with van der Waals surface area (Å²) < 4.78 is 0. The van der Waals surface area contributed by atoms with Gasteiger partial charge >= 0.3 is 0 Å². The number of hydrogen-bond acceptors (Lipinski definition) is 1. The molecule has 0 radical (unpaired) electrons. The standard InChI is InChI=1S/C9H6ClNO/c1-5-8-4-6(10)2-3-7(8)9(12)11-5/h2-4H,1H2,(H,11,12). The van der Waals surface area contributed by atoms with Crippen LogP contribution >= 0.6 is 11.6 Å². The van der Waals surface area contributed by atoms with Crippen molar-refractivity contribution in [2.45, 2.75) is 0 Å². The lowest BCUT2D eigenvalue weighted by atomic mass is 10.1. The van der Waals surface area contributed by atoms with Crippen molar-refractivity contribution in [3.8, 4) is 0 Å². The summed E-state index contributed by atoms with van der Waals surface area (Å²) in [5.74, 6) is -0.105. The molecule has 12 heavy (non-hydrogen) atoms. The van der Waals surface area contributed by atoms with Gasteiger partial charge in [-0.3, -0.25) is 4.79 Å². The summed E-state index contributed by atoms with van der Waals surface area (Å²) in [4.78, 5) is 11.2. The molecule has 1 heterocycles. The van der Waals surface area contributed by atoms with E-state index in [2.05, 4.69) is 11.9 Å². The molecule has 0 atom stereocenters. The second kappa shape index (κ2) is 2.35. The minimum atomic E-state index is -0.105. The van der Waals surface area contributed by atoms with E-state index in [0.29, 0.717) is 16.3 Å². The molecule has 0 saturated heterocycles. The number of fused-ring (bicyclic) bond motifs is 1. The number of carbonyl (C=O) groups is 1. The molecule has 2 rings (SSSR count). The fraction of sp³-hybridized carbons (Fsp3) is 0. The Morgan fingerprint density at radius 1 is 1.33 bits per heavy atom. The first-order chi connectivity index (χ1) is 5.68. The molecule has 1 aliphatic heterocycles. The lowest BCUT2D eigenvalue weighted by Crippen LogP contribution is -2.11. The van der Waals surface area contributed by atoms with Crippen molar-refractivity contribution < 1.29 is 4.79 Å². The summed E-state index contributed by atoms with van der Waals surface area (Å²) in [5, 5.41) is 3.23. The van der Waals surface area contributed by atoms with Crippen LogP contribution in [0.15, 0.2) is 24.8 Å². The normalized spacial score (nSPS) is 14.4. The Morgan fingerprint density at radius 3 is 2.83 bits per heavy atom. The monoisotopic (exact) mass is 179 g/mol. The van der Waals surface area contributed by atoms with Crippen LogP contribution in [0.25, 0.3) is 5.70 Å². The first-order valence-electron chi connectivity index (χ1n) is 3.48. The van der Waals surface area contributed by atoms with Crippen LogP contribution in [-0.2, 0) is 0 Å². The Morgan fingerprint density at radius 2 is 2.08 bits per heavy atom. The summed E-state index contributed by atoms with van der Waals surface area (Å²) >= 11 is 5.76. The summed E-state index contributed by atoms with van der Waals surface area (Å²) in [6.45, 7) is 3.70. The van der Waals surface area contributed by atoms with Gasteiger partial charge in [0.15, 0.2) is 0 Å². The highest BCUT2D eigenvalue weighted by Gasteiger charge is 2.21. The zero-order chi connectivity index (χ0) is 8.72. The molecule has 1 aromatic rings. The molecule has 1 N–H and O–H groups in total. The largest absolute Gasteiger partial charge is 0.322 e. The first kappa shape index (κ1) is 7.37. The van der Waals surface area contributed by atoms with Gasteiger partial charge in [0.1, 0.15) is 0 Å². The zero-order valence-electron chi connectivity index (χ0n) is 6.23. The molecular formula is C9H6ClNO. The molecule has 1 aliphatic rings. The Bertz CT molecular complexity index is 384. The summed E-state index contributed by atoms with van der Waals surface area (Å²) in [6.07, 6.45) is 0. The molecule has 1 amide bonds. The third kappa shape index (κ3) is 0.924. The molecule has 0 fully saturated rings. The average molecular weight is 180 g/mol. The van der Waals surface area contributed by atoms with Gasteiger partial charge in [-0.05, 0) is 18.2 Å².